The van der Waals surface area contributed by atoms with Gasteiger partial charge in [0.05, 0.1) is 19.3 Å². The summed E-state index contributed by atoms with van der Waals surface area (Å²) >= 11 is 1.43. The number of hydrogen-bond acceptors (Lipinski definition) is 6. The lowest BCUT2D eigenvalue weighted by Gasteiger charge is -2.15. The standard InChI is InChI=1S/C15H19NO4S/c1-4-8-20-11-7-5-6-10(12(11)17)13-16-15(2,9-21-13)14(18)19-3/h5-7,17H,4,8-9H2,1-3H3. The van der Waals surface area contributed by atoms with Gasteiger partial charge in [-0.15, -0.1) is 11.8 Å². The van der Waals surface area contributed by atoms with Crippen molar-refractivity contribution in [3.8, 4) is 11.5 Å². The van der Waals surface area contributed by atoms with Gasteiger partial charge < -0.3 is 14.6 Å². The van der Waals surface area contributed by atoms with Gasteiger partial charge in [-0.2, -0.15) is 0 Å². The summed E-state index contributed by atoms with van der Waals surface area (Å²) in [5.74, 6) is 0.618. The van der Waals surface area contributed by atoms with E-state index in [1.807, 2.05) is 6.92 Å². The van der Waals surface area contributed by atoms with E-state index in [0.717, 1.165) is 6.42 Å². The highest BCUT2D eigenvalue weighted by Gasteiger charge is 2.40. The SMILES string of the molecule is CCCOc1cccc(C2=NC(C)(C(=O)OC)CS2)c1O. The average molecular weight is 309 g/mol. The maximum Gasteiger partial charge on any atom is 0.334 e. The summed E-state index contributed by atoms with van der Waals surface area (Å²) in [5, 5.41) is 10.9. The smallest absolute Gasteiger partial charge is 0.334 e. The first-order chi connectivity index (χ1) is 10.0. The lowest BCUT2D eigenvalue weighted by molar-refractivity contribution is -0.145. The number of phenols is 1. The van der Waals surface area contributed by atoms with Gasteiger partial charge in [0, 0.05) is 5.75 Å². The maximum absolute atomic E-state index is 11.8. The molecule has 0 bridgehead atoms. The van der Waals surface area contributed by atoms with Gasteiger partial charge in [0.1, 0.15) is 5.04 Å². The van der Waals surface area contributed by atoms with Crippen molar-refractivity contribution in [3.05, 3.63) is 23.8 Å². The number of nitrogens with zero attached hydrogens (tertiary/aromatic N) is 1. The van der Waals surface area contributed by atoms with E-state index in [1.54, 1.807) is 25.1 Å². The number of aliphatic imine (C=N–C) groups is 1. The molecule has 0 saturated heterocycles. The zero-order valence-corrected chi connectivity index (χ0v) is 13.2. The number of phenolic OH excluding ortho intramolecular Hbond substituents is 1. The molecule has 0 aromatic heterocycles. The molecule has 0 spiro atoms. The van der Waals surface area contributed by atoms with Crippen LogP contribution in [0, 0.1) is 0 Å². The van der Waals surface area contributed by atoms with E-state index in [1.165, 1.54) is 18.9 Å². The number of ether oxygens (including phenoxy) is 2. The Hall–Kier alpha value is -1.69. The second-order valence-electron chi connectivity index (χ2n) is 4.97. The molecule has 1 heterocycles. The van der Waals surface area contributed by atoms with Crippen LogP contribution in [0.5, 0.6) is 11.5 Å². The fourth-order valence-electron chi connectivity index (χ4n) is 1.98. The molecular formula is C15H19NO4S. The van der Waals surface area contributed by atoms with Crippen molar-refractivity contribution in [2.75, 3.05) is 19.5 Å². The van der Waals surface area contributed by atoms with E-state index in [-0.39, 0.29) is 11.7 Å². The number of rotatable bonds is 5. The molecule has 6 heteroatoms. The van der Waals surface area contributed by atoms with Gasteiger partial charge in [-0.25, -0.2) is 4.79 Å². The van der Waals surface area contributed by atoms with Crippen molar-refractivity contribution in [1.29, 1.82) is 0 Å². The lowest BCUT2D eigenvalue weighted by Crippen LogP contribution is -2.34. The highest BCUT2D eigenvalue weighted by atomic mass is 32.2. The number of benzene rings is 1. The van der Waals surface area contributed by atoms with Crippen LogP contribution in [-0.4, -0.2) is 41.1 Å². The molecule has 0 aliphatic carbocycles. The van der Waals surface area contributed by atoms with Gasteiger partial charge in [0.25, 0.3) is 0 Å². The molecule has 2 rings (SSSR count). The topological polar surface area (TPSA) is 68.1 Å². The molecule has 1 unspecified atom stereocenters. The number of thioether (sulfide) groups is 1. The number of carbonyl (C=O) groups is 1. The lowest BCUT2D eigenvalue weighted by atomic mass is 10.1. The van der Waals surface area contributed by atoms with Crippen molar-refractivity contribution in [1.82, 2.24) is 0 Å². The molecule has 0 amide bonds. The van der Waals surface area contributed by atoms with Crippen LogP contribution in [0.2, 0.25) is 0 Å². The Morgan fingerprint density at radius 1 is 1.52 bits per heavy atom. The largest absolute Gasteiger partial charge is 0.504 e. The van der Waals surface area contributed by atoms with E-state index >= 15 is 0 Å². The molecule has 5 nitrogen and oxygen atoms in total. The number of hydrogen-bond donors (Lipinski definition) is 1. The molecule has 21 heavy (non-hydrogen) atoms. The minimum atomic E-state index is -0.901. The molecule has 1 aliphatic heterocycles. The normalized spacial score (nSPS) is 21.0. The minimum absolute atomic E-state index is 0.0614. The Morgan fingerprint density at radius 3 is 2.95 bits per heavy atom. The van der Waals surface area contributed by atoms with Gasteiger partial charge in [-0.1, -0.05) is 13.0 Å². The Balaban J connectivity index is 2.31. The van der Waals surface area contributed by atoms with Gasteiger partial charge in [0.2, 0.25) is 0 Å². The molecular weight excluding hydrogens is 290 g/mol. The van der Waals surface area contributed by atoms with Crippen molar-refractivity contribution < 1.29 is 19.4 Å². The molecule has 1 aromatic rings. The number of aromatic hydroxyl groups is 1. The van der Waals surface area contributed by atoms with Crippen molar-refractivity contribution in [2.45, 2.75) is 25.8 Å². The predicted octanol–water partition coefficient (Wildman–Crippen LogP) is 2.61. The molecule has 1 N–H and O–H groups in total. The fraction of sp³-hybridized carbons (Fsp3) is 0.467. The molecule has 0 radical (unpaired) electrons. The zero-order valence-electron chi connectivity index (χ0n) is 12.4. The first-order valence-corrected chi connectivity index (χ1v) is 7.76. The van der Waals surface area contributed by atoms with E-state index in [0.29, 0.717) is 28.7 Å². The van der Waals surface area contributed by atoms with Crippen LogP contribution in [0.4, 0.5) is 0 Å². The zero-order chi connectivity index (χ0) is 15.5. The number of carbonyl (C=O) groups excluding carboxylic acids is 1. The van der Waals surface area contributed by atoms with Gasteiger partial charge in [0.15, 0.2) is 17.0 Å². The summed E-state index contributed by atoms with van der Waals surface area (Å²) in [4.78, 5) is 16.2. The summed E-state index contributed by atoms with van der Waals surface area (Å²) in [5.41, 5.74) is -0.317. The van der Waals surface area contributed by atoms with Crippen LogP contribution < -0.4 is 4.74 Å². The first-order valence-electron chi connectivity index (χ1n) is 6.78. The van der Waals surface area contributed by atoms with Gasteiger partial charge in [-0.05, 0) is 25.5 Å². The third-order valence-electron chi connectivity index (χ3n) is 3.15. The predicted molar refractivity (Wildman–Crippen MR) is 83.3 cm³/mol. The Labute approximate surface area is 128 Å². The van der Waals surface area contributed by atoms with Crippen molar-refractivity contribution in [3.63, 3.8) is 0 Å². The summed E-state index contributed by atoms with van der Waals surface area (Å²) < 4.78 is 10.3. The molecule has 1 atom stereocenters. The fourth-order valence-corrected chi connectivity index (χ4v) is 3.17. The van der Waals surface area contributed by atoms with Crippen LogP contribution in [0.25, 0.3) is 0 Å². The van der Waals surface area contributed by atoms with E-state index in [9.17, 15) is 9.90 Å². The minimum Gasteiger partial charge on any atom is -0.504 e. The maximum atomic E-state index is 11.8. The van der Waals surface area contributed by atoms with E-state index in [2.05, 4.69) is 4.99 Å². The summed E-state index contributed by atoms with van der Waals surface area (Å²) in [6, 6.07) is 5.29. The highest BCUT2D eigenvalue weighted by Crippen LogP contribution is 2.38. The number of para-hydroxylation sites is 1. The van der Waals surface area contributed by atoms with Gasteiger partial charge in [-0.3, -0.25) is 4.99 Å². The molecule has 1 aromatic carbocycles. The molecule has 114 valence electrons. The molecule has 1 aliphatic rings. The van der Waals surface area contributed by atoms with Crippen LogP contribution >= 0.6 is 11.8 Å². The van der Waals surface area contributed by atoms with Crippen LogP contribution in [0.15, 0.2) is 23.2 Å². The number of esters is 1. The number of methoxy groups -OCH3 is 1. The Kier molecular flexibility index (Phi) is 4.77. The summed E-state index contributed by atoms with van der Waals surface area (Å²) in [6.45, 7) is 4.27. The second-order valence-corrected chi connectivity index (χ2v) is 5.94. The van der Waals surface area contributed by atoms with Crippen LogP contribution in [0.1, 0.15) is 25.8 Å². The Morgan fingerprint density at radius 2 is 2.29 bits per heavy atom. The summed E-state index contributed by atoms with van der Waals surface area (Å²) in [6.07, 6.45) is 0.861. The monoisotopic (exact) mass is 309 g/mol. The summed E-state index contributed by atoms with van der Waals surface area (Å²) in [7, 11) is 1.35. The third kappa shape index (κ3) is 3.15. The molecule has 0 fully saturated rings. The van der Waals surface area contributed by atoms with Gasteiger partial charge >= 0.3 is 5.97 Å². The quantitative estimate of drug-likeness (QED) is 0.847. The first kappa shape index (κ1) is 15.7. The van der Waals surface area contributed by atoms with E-state index < -0.39 is 5.54 Å². The van der Waals surface area contributed by atoms with Crippen molar-refractivity contribution in [2.24, 2.45) is 4.99 Å². The van der Waals surface area contributed by atoms with Crippen molar-refractivity contribution >= 4 is 22.8 Å². The van der Waals surface area contributed by atoms with Crippen LogP contribution in [0.3, 0.4) is 0 Å². The Bertz CT molecular complexity index is 573. The molecule has 0 saturated carbocycles. The average Bonchev–Trinajstić information content (AvgIpc) is 2.89. The highest BCUT2D eigenvalue weighted by molar-refractivity contribution is 8.14. The third-order valence-corrected chi connectivity index (χ3v) is 4.45. The second kappa shape index (κ2) is 6.39. The van der Waals surface area contributed by atoms with Crippen LogP contribution in [-0.2, 0) is 9.53 Å². The van der Waals surface area contributed by atoms with E-state index in [4.69, 9.17) is 9.47 Å².